The summed E-state index contributed by atoms with van der Waals surface area (Å²) in [6.45, 7) is 3.44. The van der Waals surface area contributed by atoms with E-state index in [2.05, 4.69) is 25.4 Å². The summed E-state index contributed by atoms with van der Waals surface area (Å²) in [6.07, 6.45) is 5.64. The van der Waals surface area contributed by atoms with Crippen molar-refractivity contribution in [1.82, 2.24) is 29.5 Å². The van der Waals surface area contributed by atoms with E-state index in [4.69, 9.17) is 0 Å². The van der Waals surface area contributed by atoms with Crippen LogP contribution in [0, 0.1) is 6.92 Å². The van der Waals surface area contributed by atoms with Gasteiger partial charge in [-0.3, -0.25) is 4.79 Å². The maximum Gasteiger partial charge on any atom is 0.252 e. The maximum absolute atomic E-state index is 12.7. The Kier molecular flexibility index (Phi) is 4.47. The number of hydrogen-bond donors (Lipinski definition) is 1. The van der Waals surface area contributed by atoms with E-state index in [0.29, 0.717) is 18.1 Å². The molecule has 1 fully saturated rings. The molecule has 0 aromatic carbocycles. The van der Waals surface area contributed by atoms with Crippen LogP contribution in [0.3, 0.4) is 0 Å². The molecule has 0 radical (unpaired) electrons. The van der Waals surface area contributed by atoms with Crippen molar-refractivity contribution in [2.45, 2.75) is 32.2 Å². The van der Waals surface area contributed by atoms with Gasteiger partial charge in [0.25, 0.3) is 5.78 Å². The molecule has 0 spiro atoms. The van der Waals surface area contributed by atoms with Crippen molar-refractivity contribution in [2.24, 2.45) is 0 Å². The van der Waals surface area contributed by atoms with Crippen molar-refractivity contribution < 1.29 is 4.79 Å². The summed E-state index contributed by atoms with van der Waals surface area (Å²) in [6, 6.07) is 7.84. The molecule has 1 N–H and O–H groups in total. The lowest BCUT2D eigenvalue weighted by Gasteiger charge is -2.25. The third-order valence-corrected chi connectivity index (χ3v) is 4.57. The number of anilines is 1. The smallest absolute Gasteiger partial charge is 0.252 e. The van der Waals surface area contributed by atoms with Gasteiger partial charge in [-0.2, -0.15) is 4.98 Å². The molecule has 4 heterocycles. The summed E-state index contributed by atoms with van der Waals surface area (Å²) >= 11 is 0. The molecule has 134 valence electrons. The van der Waals surface area contributed by atoms with Crippen LogP contribution in [0.15, 0.2) is 36.7 Å². The minimum absolute atomic E-state index is 0.0578. The number of amides is 1. The van der Waals surface area contributed by atoms with Crippen molar-refractivity contribution >= 4 is 17.5 Å². The number of likely N-dealkylation sites (tertiary alicyclic amines) is 1. The van der Waals surface area contributed by atoms with Crippen LogP contribution in [-0.4, -0.2) is 54.5 Å². The largest absolute Gasteiger partial charge is 0.368 e. The highest BCUT2D eigenvalue weighted by Crippen LogP contribution is 2.19. The molecular weight excluding hydrogens is 330 g/mol. The lowest BCUT2D eigenvalue weighted by molar-refractivity contribution is -0.131. The zero-order valence-electron chi connectivity index (χ0n) is 14.7. The Bertz CT molecular complexity index is 890. The highest BCUT2D eigenvalue weighted by molar-refractivity contribution is 5.78. The number of fused-ring (bicyclic) bond motifs is 1. The summed E-state index contributed by atoms with van der Waals surface area (Å²) < 4.78 is 1.59. The summed E-state index contributed by atoms with van der Waals surface area (Å²) in [5.41, 5.74) is 0.973. The number of aryl methyl sites for hydroxylation is 1. The second kappa shape index (κ2) is 7.07. The fourth-order valence-electron chi connectivity index (χ4n) is 3.33. The summed E-state index contributed by atoms with van der Waals surface area (Å²) in [5, 5.41) is 7.67. The number of hydrogen-bond acceptors (Lipinski definition) is 6. The van der Waals surface area contributed by atoms with Gasteiger partial charge in [0.05, 0.1) is 6.42 Å². The van der Waals surface area contributed by atoms with E-state index in [1.165, 1.54) is 0 Å². The minimum atomic E-state index is 0.0578. The topological polar surface area (TPSA) is 88.3 Å². The van der Waals surface area contributed by atoms with Gasteiger partial charge < -0.3 is 10.2 Å². The van der Waals surface area contributed by atoms with E-state index in [1.807, 2.05) is 30.0 Å². The Morgan fingerprint density at radius 3 is 3.08 bits per heavy atom. The quantitative estimate of drug-likeness (QED) is 0.749. The Balaban J connectivity index is 1.39. The molecule has 1 aliphatic rings. The predicted octanol–water partition coefficient (Wildman–Crippen LogP) is 1.47. The first-order chi connectivity index (χ1) is 12.7. The van der Waals surface area contributed by atoms with Crippen molar-refractivity contribution in [3.63, 3.8) is 0 Å². The first-order valence-electron chi connectivity index (χ1n) is 8.82. The van der Waals surface area contributed by atoms with E-state index in [-0.39, 0.29) is 18.4 Å². The van der Waals surface area contributed by atoms with Crippen molar-refractivity contribution in [3.8, 4) is 0 Å². The number of nitrogens with one attached hydrogen (secondary N) is 1. The molecule has 0 saturated carbocycles. The molecule has 0 bridgehead atoms. The van der Waals surface area contributed by atoms with Crippen molar-refractivity contribution in [1.29, 1.82) is 0 Å². The number of carbonyl (C=O) groups excluding carboxylic acids is 1. The van der Waals surface area contributed by atoms with Crippen LogP contribution in [0.4, 0.5) is 5.82 Å². The molecular formula is C18H21N7O. The normalized spacial score (nSPS) is 17.0. The zero-order chi connectivity index (χ0) is 17.9. The second-order valence-corrected chi connectivity index (χ2v) is 6.50. The molecule has 1 aliphatic heterocycles. The third kappa shape index (κ3) is 3.49. The van der Waals surface area contributed by atoms with Gasteiger partial charge >= 0.3 is 0 Å². The van der Waals surface area contributed by atoms with Gasteiger partial charge in [0, 0.05) is 37.2 Å². The molecule has 0 aliphatic carbocycles. The number of rotatable bonds is 5. The van der Waals surface area contributed by atoms with E-state index < -0.39 is 0 Å². The van der Waals surface area contributed by atoms with Gasteiger partial charge in [-0.1, -0.05) is 6.07 Å². The van der Waals surface area contributed by atoms with Crippen LogP contribution in [-0.2, 0) is 11.2 Å². The highest BCUT2D eigenvalue weighted by Gasteiger charge is 2.29. The van der Waals surface area contributed by atoms with Gasteiger partial charge in [0.2, 0.25) is 5.91 Å². The average Bonchev–Trinajstić information content (AvgIpc) is 3.26. The maximum atomic E-state index is 12.7. The Labute approximate surface area is 151 Å². The second-order valence-electron chi connectivity index (χ2n) is 6.50. The van der Waals surface area contributed by atoms with Gasteiger partial charge in [0.15, 0.2) is 5.82 Å². The monoisotopic (exact) mass is 351 g/mol. The SMILES string of the molecule is Cc1cccc(NCC2CCCN2C(=O)Cc2nc3ncccn3n2)n1. The lowest BCUT2D eigenvalue weighted by Crippen LogP contribution is -2.40. The van der Waals surface area contributed by atoms with Crippen LogP contribution < -0.4 is 5.32 Å². The Morgan fingerprint density at radius 1 is 1.31 bits per heavy atom. The van der Waals surface area contributed by atoms with E-state index in [1.54, 1.807) is 23.0 Å². The molecule has 4 rings (SSSR count). The van der Waals surface area contributed by atoms with E-state index >= 15 is 0 Å². The van der Waals surface area contributed by atoms with Gasteiger partial charge in [-0.15, -0.1) is 5.10 Å². The lowest BCUT2D eigenvalue weighted by atomic mass is 10.2. The van der Waals surface area contributed by atoms with Gasteiger partial charge in [-0.25, -0.2) is 14.5 Å². The molecule has 1 atom stereocenters. The van der Waals surface area contributed by atoms with Crippen molar-refractivity contribution in [2.75, 3.05) is 18.4 Å². The zero-order valence-corrected chi connectivity index (χ0v) is 14.7. The minimum Gasteiger partial charge on any atom is -0.368 e. The number of carbonyl (C=O) groups is 1. The Hall–Kier alpha value is -3.03. The number of pyridine rings is 1. The molecule has 8 heteroatoms. The molecule has 3 aromatic rings. The number of aromatic nitrogens is 5. The summed E-state index contributed by atoms with van der Waals surface area (Å²) in [7, 11) is 0. The average molecular weight is 351 g/mol. The van der Waals surface area contributed by atoms with E-state index in [0.717, 1.165) is 30.9 Å². The van der Waals surface area contributed by atoms with Crippen LogP contribution in [0.25, 0.3) is 5.78 Å². The first-order valence-corrected chi connectivity index (χ1v) is 8.82. The van der Waals surface area contributed by atoms with Gasteiger partial charge in [-0.05, 0) is 38.0 Å². The standard InChI is InChI=1S/C18H21N7O/c1-13-5-2-7-15(21-13)20-12-14-6-3-9-24(14)17(26)11-16-22-18-19-8-4-10-25(18)23-16/h2,4-5,7-8,10,14H,3,6,9,11-12H2,1H3,(H,20,21). The predicted molar refractivity (Wildman–Crippen MR) is 96.7 cm³/mol. The van der Waals surface area contributed by atoms with E-state index in [9.17, 15) is 4.79 Å². The Morgan fingerprint density at radius 2 is 2.23 bits per heavy atom. The first kappa shape index (κ1) is 16.4. The van der Waals surface area contributed by atoms with Crippen molar-refractivity contribution in [3.05, 3.63) is 48.2 Å². The molecule has 3 aromatic heterocycles. The van der Waals surface area contributed by atoms with Gasteiger partial charge in [0.1, 0.15) is 5.82 Å². The van der Waals surface area contributed by atoms with Crippen LogP contribution >= 0.6 is 0 Å². The van der Waals surface area contributed by atoms with Crippen LogP contribution in [0.5, 0.6) is 0 Å². The fraction of sp³-hybridized carbons (Fsp3) is 0.389. The highest BCUT2D eigenvalue weighted by atomic mass is 16.2. The number of nitrogens with zero attached hydrogens (tertiary/aromatic N) is 6. The molecule has 26 heavy (non-hydrogen) atoms. The van der Waals surface area contributed by atoms with Crippen LogP contribution in [0.2, 0.25) is 0 Å². The third-order valence-electron chi connectivity index (χ3n) is 4.57. The molecule has 8 nitrogen and oxygen atoms in total. The fourth-order valence-corrected chi connectivity index (χ4v) is 3.33. The summed E-state index contributed by atoms with van der Waals surface area (Å²) in [5.74, 6) is 1.92. The molecule has 1 saturated heterocycles. The molecule has 1 unspecified atom stereocenters. The summed E-state index contributed by atoms with van der Waals surface area (Å²) in [4.78, 5) is 27.6. The van der Waals surface area contributed by atoms with Crippen LogP contribution in [0.1, 0.15) is 24.4 Å². The molecule has 1 amide bonds.